The van der Waals surface area contributed by atoms with Gasteiger partial charge in [0.2, 0.25) is 0 Å². The molecule has 0 saturated carbocycles. The van der Waals surface area contributed by atoms with Crippen molar-refractivity contribution >= 4 is 0 Å². The fourth-order valence-electron chi connectivity index (χ4n) is 2.50. The summed E-state index contributed by atoms with van der Waals surface area (Å²) in [6, 6.07) is 0. The van der Waals surface area contributed by atoms with Gasteiger partial charge in [-0.2, -0.15) is 0 Å². The van der Waals surface area contributed by atoms with Crippen LogP contribution in [0.5, 0.6) is 0 Å². The van der Waals surface area contributed by atoms with E-state index < -0.39 is 0 Å². The minimum Gasteiger partial charge on any atom is -0.396 e. The Morgan fingerprint density at radius 3 is 1.19 bits per heavy atom. The molecule has 0 saturated heterocycles. The molecule has 4 nitrogen and oxygen atoms in total. The van der Waals surface area contributed by atoms with Gasteiger partial charge in [-0.05, 0) is 37.5 Å². The van der Waals surface area contributed by atoms with Crippen molar-refractivity contribution in [3.05, 3.63) is 0 Å². The summed E-state index contributed by atoms with van der Waals surface area (Å²) in [4.78, 5) is 0. The lowest BCUT2D eigenvalue weighted by molar-refractivity contribution is 0.208. The van der Waals surface area contributed by atoms with Gasteiger partial charge in [-0.1, -0.05) is 46.0 Å². The number of hydrogen-bond donors (Lipinski definition) is 4. The largest absolute Gasteiger partial charge is 0.396 e. The fraction of sp³-hybridized carbons (Fsp3) is 1.00. The molecule has 0 aromatic rings. The van der Waals surface area contributed by atoms with E-state index in [1.807, 2.05) is 0 Å². The lowest BCUT2D eigenvalue weighted by atomic mass is 9.96. The van der Waals surface area contributed by atoms with E-state index in [9.17, 15) is 0 Å². The third-order valence-electron chi connectivity index (χ3n) is 3.81. The Hall–Kier alpha value is -0.160. The molecule has 0 unspecified atom stereocenters. The molecule has 21 heavy (non-hydrogen) atoms. The Morgan fingerprint density at radius 2 is 0.905 bits per heavy atom. The van der Waals surface area contributed by atoms with E-state index in [1.54, 1.807) is 0 Å². The molecule has 0 aliphatic heterocycles. The molecule has 0 radical (unpaired) electrons. The molecular weight excluding hydrogens is 268 g/mol. The first-order valence-electron chi connectivity index (χ1n) is 8.63. The van der Waals surface area contributed by atoms with Crippen molar-refractivity contribution in [1.82, 2.24) is 0 Å². The second kappa shape index (κ2) is 19.8. The Bertz CT molecular complexity index is 156. The van der Waals surface area contributed by atoms with Gasteiger partial charge in [-0.15, -0.1) is 0 Å². The van der Waals surface area contributed by atoms with Crippen molar-refractivity contribution in [2.24, 2.45) is 11.8 Å². The summed E-state index contributed by atoms with van der Waals surface area (Å²) in [6.45, 7) is 5.31. The van der Waals surface area contributed by atoms with Crippen molar-refractivity contribution in [2.75, 3.05) is 26.4 Å². The average molecular weight is 306 g/mol. The molecule has 0 amide bonds. The predicted octanol–water partition coefficient (Wildman–Crippen LogP) is 2.73. The molecule has 0 aromatic carbocycles. The summed E-state index contributed by atoms with van der Waals surface area (Å²) in [5.74, 6) is 1.06. The van der Waals surface area contributed by atoms with Crippen LogP contribution in [0.3, 0.4) is 0 Å². The van der Waals surface area contributed by atoms with Gasteiger partial charge in [0.05, 0.1) is 0 Å². The Balaban J connectivity index is 0. The first-order valence-corrected chi connectivity index (χ1v) is 8.63. The number of rotatable bonds is 13. The minimum atomic E-state index is 0.255. The maximum atomic E-state index is 8.68. The molecule has 4 N–H and O–H groups in total. The zero-order valence-corrected chi connectivity index (χ0v) is 14.1. The van der Waals surface area contributed by atoms with Gasteiger partial charge in [0.1, 0.15) is 0 Å². The molecule has 0 atom stereocenters. The van der Waals surface area contributed by atoms with Gasteiger partial charge in [-0.3, -0.25) is 0 Å². The van der Waals surface area contributed by atoms with Gasteiger partial charge >= 0.3 is 0 Å². The predicted molar refractivity (Wildman–Crippen MR) is 88.2 cm³/mol. The van der Waals surface area contributed by atoms with E-state index in [0.29, 0.717) is 11.8 Å². The summed E-state index contributed by atoms with van der Waals surface area (Å²) in [5, 5.41) is 34.6. The van der Waals surface area contributed by atoms with Crippen LogP contribution in [0, 0.1) is 11.8 Å². The molecule has 0 aromatic heterocycles. The molecular formula is C17H38O4. The van der Waals surface area contributed by atoms with Crippen molar-refractivity contribution in [3.63, 3.8) is 0 Å². The van der Waals surface area contributed by atoms with Crippen molar-refractivity contribution in [1.29, 1.82) is 0 Å². The zero-order chi connectivity index (χ0) is 16.3. The topological polar surface area (TPSA) is 80.9 Å². The number of unbranched alkanes of at least 4 members (excludes halogenated alkanes) is 1. The monoisotopic (exact) mass is 306 g/mol. The highest BCUT2D eigenvalue weighted by atomic mass is 16.3. The van der Waals surface area contributed by atoms with Crippen LogP contribution >= 0.6 is 0 Å². The van der Waals surface area contributed by atoms with Crippen LogP contribution in [0.25, 0.3) is 0 Å². The molecule has 0 aliphatic carbocycles. The summed E-state index contributed by atoms with van der Waals surface area (Å²) in [7, 11) is 0. The zero-order valence-electron chi connectivity index (χ0n) is 14.1. The summed E-state index contributed by atoms with van der Waals surface area (Å²) < 4.78 is 0. The number of aliphatic hydroxyl groups is 4. The number of hydrogen-bond acceptors (Lipinski definition) is 4. The maximum Gasteiger partial charge on any atom is 0.0433 e. The molecule has 0 bridgehead atoms. The second-order valence-electron chi connectivity index (χ2n) is 5.71. The standard InChI is InChI=1S/C9H20O2.C8H18O2/c1-2-3-4-9(5-7-10)6-8-11;1-2-3-8(4-6-9)5-7-10/h9-11H,2-8H2,1H3;8-10H,2-7H2,1H3. The number of aliphatic hydroxyl groups excluding tert-OH is 4. The van der Waals surface area contributed by atoms with Gasteiger partial charge in [0.25, 0.3) is 0 Å². The maximum absolute atomic E-state index is 8.68. The highest BCUT2D eigenvalue weighted by Crippen LogP contribution is 2.15. The molecule has 130 valence electrons. The first kappa shape index (κ1) is 23.1. The Morgan fingerprint density at radius 1 is 0.524 bits per heavy atom. The van der Waals surface area contributed by atoms with E-state index in [2.05, 4.69) is 13.8 Å². The average Bonchev–Trinajstić information content (AvgIpc) is 2.47. The second-order valence-corrected chi connectivity index (χ2v) is 5.71. The Labute approximate surface area is 131 Å². The molecule has 0 heterocycles. The third-order valence-corrected chi connectivity index (χ3v) is 3.81. The van der Waals surface area contributed by atoms with E-state index in [0.717, 1.165) is 44.9 Å². The van der Waals surface area contributed by atoms with Crippen LogP contribution in [0.4, 0.5) is 0 Å². The molecule has 0 aliphatic rings. The fourth-order valence-corrected chi connectivity index (χ4v) is 2.50. The summed E-state index contributed by atoms with van der Waals surface area (Å²) in [5.41, 5.74) is 0. The quantitative estimate of drug-likeness (QED) is 0.422. The van der Waals surface area contributed by atoms with Crippen molar-refractivity contribution < 1.29 is 20.4 Å². The van der Waals surface area contributed by atoms with Crippen molar-refractivity contribution in [2.45, 2.75) is 71.6 Å². The van der Waals surface area contributed by atoms with Crippen LogP contribution in [-0.4, -0.2) is 46.9 Å². The molecule has 0 fully saturated rings. The van der Waals surface area contributed by atoms with E-state index in [4.69, 9.17) is 20.4 Å². The van der Waals surface area contributed by atoms with E-state index in [1.165, 1.54) is 12.8 Å². The van der Waals surface area contributed by atoms with Crippen LogP contribution < -0.4 is 0 Å². The highest BCUT2D eigenvalue weighted by Gasteiger charge is 2.06. The van der Waals surface area contributed by atoms with Crippen LogP contribution in [0.1, 0.15) is 71.6 Å². The van der Waals surface area contributed by atoms with E-state index >= 15 is 0 Å². The van der Waals surface area contributed by atoms with Gasteiger partial charge in [0.15, 0.2) is 0 Å². The molecule has 0 spiro atoms. The van der Waals surface area contributed by atoms with Gasteiger partial charge in [-0.25, -0.2) is 0 Å². The normalized spacial score (nSPS) is 10.9. The first-order chi connectivity index (χ1) is 10.2. The SMILES string of the molecule is CCCC(CCO)CCO.CCCCC(CCO)CCO. The van der Waals surface area contributed by atoms with E-state index in [-0.39, 0.29) is 26.4 Å². The molecule has 4 heteroatoms. The van der Waals surface area contributed by atoms with Gasteiger partial charge in [0, 0.05) is 26.4 Å². The summed E-state index contributed by atoms with van der Waals surface area (Å²) >= 11 is 0. The molecule has 0 rings (SSSR count). The third kappa shape index (κ3) is 17.8. The highest BCUT2D eigenvalue weighted by molar-refractivity contribution is 4.58. The lowest BCUT2D eigenvalue weighted by Crippen LogP contribution is -2.05. The van der Waals surface area contributed by atoms with Gasteiger partial charge < -0.3 is 20.4 Å². The van der Waals surface area contributed by atoms with Crippen LogP contribution in [0.15, 0.2) is 0 Å². The Kier molecular flexibility index (Phi) is 21.8. The summed E-state index contributed by atoms with van der Waals surface area (Å²) in [6.07, 6.45) is 9.21. The smallest absolute Gasteiger partial charge is 0.0433 e. The minimum absolute atomic E-state index is 0.255. The van der Waals surface area contributed by atoms with Crippen LogP contribution in [-0.2, 0) is 0 Å². The van der Waals surface area contributed by atoms with Crippen LogP contribution in [0.2, 0.25) is 0 Å². The van der Waals surface area contributed by atoms with Crippen molar-refractivity contribution in [3.8, 4) is 0 Å². The lowest BCUT2D eigenvalue weighted by Gasteiger charge is -2.12.